The summed E-state index contributed by atoms with van der Waals surface area (Å²) < 4.78 is 8.32. The van der Waals surface area contributed by atoms with E-state index in [0.717, 1.165) is 27.6 Å². The van der Waals surface area contributed by atoms with Crippen LogP contribution in [0.15, 0.2) is 47.1 Å². The highest BCUT2D eigenvalue weighted by atomic mass is 16.3. The molecule has 3 heterocycles. The van der Waals surface area contributed by atoms with Crippen LogP contribution in [-0.4, -0.2) is 4.98 Å². The van der Waals surface area contributed by atoms with Gasteiger partial charge in [-0.2, -0.15) is 0 Å². The van der Waals surface area contributed by atoms with Crippen molar-refractivity contribution in [3.05, 3.63) is 59.4 Å². The Morgan fingerprint density at radius 3 is 2.65 bits per heavy atom. The Balaban J connectivity index is 2.18. The van der Waals surface area contributed by atoms with Gasteiger partial charge in [0.2, 0.25) is 11.4 Å². The van der Waals surface area contributed by atoms with Gasteiger partial charge in [-0.15, -0.1) is 0 Å². The monoisotopic (exact) mass is 303 g/mol. The van der Waals surface area contributed by atoms with Crippen LogP contribution < -0.4 is 4.57 Å². The lowest BCUT2D eigenvalue weighted by molar-refractivity contribution is -0.660. The van der Waals surface area contributed by atoms with Crippen LogP contribution in [0.5, 0.6) is 0 Å². The van der Waals surface area contributed by atoms with Crippen molar-refractivity contribution >= 4 is 22.1 Å². The van der Waals surface area contributed by atoms with E-state index < -0.39 is 0 Å². The van der Waals surface area contributed by atoms with E-state index in [9.17, 15) is 0 Å². The van der Waals surface area contributed by atoms with E-state index in [-0.39, 0.29) is 0 Å². The lowest BCUT2D eigenvalue weighted by atomic mass is 9.97. The van der Waals surface area contributed by atoms with E-state index in [2.05, 4.69) is 67.8 Å². The zero-order valence-electron chi connectivity index (χ0n) is 13.8. The highest BCUT2D eigenvalue weighted by molar-refractivity contribution is 6.10. The molecule has 4 aromatic rings. The van der Waals surface area contributed by atoms with Crippen molar-refractivity contribution < 1.29 is 8.98 Å². The first-order chi connectivity index (χ1) is 11.1. The van der Waals surface area contributed by atoms with Gasteiger partial charge in [-0.25, -0.2) is 9.55 Å². The molecule has 3 nitrogen and oxygen atoms in total. The van der Waals surface area contributed by atoms with Crippen molar-refractivity contribution in [1.29, 1.82) is 0 Å². The molecular formula is C20H19N2O+. The molecule has 0 fully saturated rings. The largest absolute Gasteiger partial charge is 0.437 e. The second-order valence-corrected chi connectivity index (χ2v) is 6.25. The van der Waals surface area contributed by atoms with E-state index >= 15 is 0 Å². The quantitative estimate of drug-likeness (QED) is 0.488. The molecule has 3 heteroatoms. The van der Waals surface area contributed by atoms with Crippen LogP contribution in [0, 0.1) is 20.8 Å². The standard InChI is InChI=1S/C20H19N2O/c1-12-7-8-16(22(4)11-12)18-14(3)10-13(2)17-15-6-5-9-21-20(15)23-19(17)18/h5-11H,1-4H3/q+1. The fraction of sp³-hybridized carbons (Fsp3) is 0.200. The molecule has 0 amide bonds. The van der Waals surface area contributed by atoms with Crippen LogP contribution in [-0.2, 0) is 7.05 Å². The fourth-order valence-corrected chi connectivity index (χ4v) is 3.47. The third-order valence-corrected chi connectivity index (χ3v) is 4.45. The van der Waals surface area contributed by atoms with Gasteiger partial charge in [0.25, 0.3) is 0 Å². The molecule has 0 aliphatic heterocycles. The molecule has 0 aliphatic rings. The number of aryl methyl sites for hydroxylation is 4. The zero-order valence-corrected chi connectivity index (χ0v) is 13.8. The van der Waals surface area contributed by atoms with E-state index in [1.165, 1.54) is 16.7 Å². The number of nitrogens with zero attached hydrogens (tertiary/aromatic N) is 2. The van der Waals surface area contributed by atoms with Gasteiger partial charge in [-0.05, 0) is 50.1 Å². The molecule has 0 bridgehead atoms. The van der Waals surface area contributed by atoms with E-state index in [1.54, 1.807) is 6.20 Å². The Morgan fingerprint density at radius 1 is 1.04 bits per heavy atom. The van der Waals surface area contributed by atoms with Crippen LogP contribution in [0.4, 0.5) is 0 Å². The van der Waals surface area contributed by atoms with Crippen LogP contribution in [0.2, 0.25) is 0 Å². The van der Waals surface area contributed by atoms with Gasteiger partial charge < -0.3 is 4.42 Å². The first-order valence-electron chi connectivity index (χ1n) is 7.80. The summed E-state index contributed by atoms with van der Waals surface area (Å²) in [7, 11) is 2.08. The summed E-state index contributed by atoms with van der Waals surface area (Å²) in [6.07, 6.45) is 3.92. The minimum atomic E-state index is 0.701. The van der Waals surface area contributed by atoms with Crippen molar-refractivity contribution in [2.75, 3.05) is 0 Å². The second-order valence-electron chi connectivity index (χ2n) is 6.25. The average Bonchev–Trinajstić information content (AvgIpc) is 2.88. The minimum absolute atomic E-state index is 0.701. The van der Waals surface area contributed by atoms with Crippen LogP contribution in [0.1, 0.15) is 16.7 Å². The number of benzene rings is 1. The predicted molar refractivity (Wildman–Crippen MR) is 92.3 cm³/mol. The fourth-order valence-electron chi connectivity index (χ4n) is 3.47. The zero-order chi connectivity index (χ0) is 16.1. The van der Waals surface area contributed by atoms with Gasteiger partial charge in [-0.1, -0.05) is 6.07 Å². The van der Waals surface area contributed by atoms with Crippen LogP contribution >= 0.6 is 0 Å². The third kappa shape index (κ3) is 2.04. The number of rotatable bonds is 1. The Bertz CT molecular complexity index is 1060. The molecule has 0 saturated carbocycles. The third-order valence-electron chi connectivity index (χ3n) is 4.45. The smallest absolute Gasteiger partial charge is 0.227 e. The molecule has 0 N–H and O–H groups in total. The Kier molecular flexibility index (Phi) is 2.98. The Labute approximate surface area is 135 Å². The summed E-state index contributed by atoms with van der Waals surface area (Å²) >= 11 is 0. The van der Waals surface area contributed by atoms with Gasteiger partial charge >= 0.3 is 0 Å². The number of furan rings is 1. The summed E-state index contributed by atoms with van der Waals surface area (Å²) in [6, 6.07) is 10.6. The highest BCUT2D eigenvalue weighted by Gasteiger charge is 2.22. The Morgan fingerprint density at radius 2 is 1.87 bits per heavy atom. The van der Waals surface area contributed by atoms with Crippen molar-refractivity contribution in [2.24, 2.45) is 7.05 Å². The van der Waals surface area contributed by atoms with Crippen LogP contribution in [0.3, 0.4) is 0 Å². The van der Waals surface area contributed by atoms with Crippen molar-refractivity contribution in [2.45, 2.75) is 20.8 Å². The lowest BCUT2D eigenvalue weighted by Crippen LogP contribution is -2.31. The van der Waals surface area contributed by atoms with Gasteiger partial charge in [0.15, 0.2) is 11.8 Å². The molecule has 0 atom stereocenters. The van der Waals surface area contributed by atoms with Gasteiger partial charge in [0.1, 0.15) is 7.05 Å². The van der Waals surface area contributed by atoms with Crippen molar-refractivity contribution in [1.82, 2.24) is 4.98 Å². The number of fused-ring (bicyclic) bond motifs is 3. The Hall–Kier alpha value is -2.68. The molecule has 3 aromatic heterocycles. The molecule has 23 heavy (non-hydrogen) atoms. The highest BCUT2D eigenvalue weighted by Crippen LogP contribution is 2.38. The van der Waals surface area contributed by atoms with Crippen LogP contribution in [0.25, 0.3) is 33.3 Å². The number of hydrogen-bond acceptors (Lipinski definition) is 2. The summed E-state index contributed by atoms with van der Waals surface area (Å²) in [5.41, 5.74) is 7.60. The van der Waals surface area contributed by atoms with E-state index in [4.69, 9.17) is 4.42 Å². The van der Waals surface area contributed by atoms with Gasteiger partial charge in [0.05, 0.1) is 5.56 Å². The van der Waals surface area contributed by atoms with Crippen molar-refractivity contribution in [3.8, 4) is 11.3 Å². The maximum absolute atomic E-state index is 6.16. The summed E-state index contributed by atoms with van der Waals surface area (Å²) in [5.74, 6) is 0. The molecule has 0 radical (unpaired) electrons. The van der Waals surface area contributed by atoms with E-state index in [0.29, 0.717) is 5.71 Å². The minimum Gasteiger partial charge on any atom is -0.437 e. The lowest BCUT2D eigenvalue weighted by Gasteiger charge is -2.08. The summed E-state index contributed by atoms with van der Waals surface area (Å²) in [5, 5.41) is 2.24. The molecule has 4 rings (SSSR count). The second kappa shape index (κ2) is 4.92. The van der Waals surface area contributed by atoms with Gasteiger partial charge in [-0.3, -0.25) is 0 Å². The predicted octanol–water partition coefficient (Wildman–Crippen LogP) is 4.40. The average molecular weight is 303 g/mol. The molecule has 0 saturated heterocycles. The van der Waals surface area contributed by atoms with Crippen molar-refractivity contribution in [3.63, 3.8) is 0 Å². The molecular weight excluding hydrogens is 284 g/mol. The normalized spacial score (nSPS) is 11.5. The number of pyridine rings is 2. The first kappa shape index (κ1) is 13.9. The first-order valence-corrected chi connectivity index (χ1v) is 7.80. The topological polar surface area (TPSA) is 29.9 Å². The molecule has 1 aromatic carbocycles. The summed E-state index contributed by atoms with van der Waals surface area (Å²) in [4.78, 5) is 4.39. The molecule has 0 aliphatic carbocycles. The number of aromatic nitrogens is 2. The van der Waals surface area contributed by atoms with E-state index in [1.807, 2.05) is 6.07 Å². The SMILES string of the molecule is Cc1ccc(-c2c(C)cc(C)c3c2oc2ncccc23)[n+](C)c1. The molecule has 0 unspecified atom stereocenters. The molecule has 114 valence electrons. The van der Waals surface area contributed by atoms with Gasteiger partial charge in [0, 0.05) is 28.6 Å². The summed E-state index contributed by atoms with van der Waals surface area (Å²) in [6.45, 7) is 6.38. The molecule has 0 spiro atoms. The maximum Gasteiger partial charge on any atom is 0.227 e. The maximum atomic E-state index is 6.16. The number of hydrogen-bond donors (Lipinski definition) is 0.